The van der Waals surface area contributed by atoms with Crippen molar-refractivity contribution in [3.05, 3.63) is 35.9 Å². The van der Waals surface area contributed by atoms with E-state index in [1.54, 1.807) is 14.2 Å². The van der Waals surface area contributed by atoms with E-state index in [2.05, 4.69) is 0 Å². The predicted octanol–water partition coefficient (Wildman–Crippen LogP) is 2.35. The molecule has 2 rings (SSSR count). The molecule has 0 aliphatic rings. The van der Waals surface area contributed by atoms with Gasteiger partial charge in [-0.25, -0.2) is 0 Å². The van der Waals surface area contributed by atoms with E-state index in [0.29, 0.717) is 5.75 Å². The van der Waals surface area contributed by atoms with E-state index in [1.165, 1.54) is 0 Å². The molecule has 0 bridgehead atoms. The molecular weight excluding hydrogens is 204 g/mol. The number of methoxy groups -OCH3 is 2. The molecule has 0 atom stereocenters. The van der Waals surface area contributed by atoms with E-state index in [-0.39, 0.29) is 6.61 Å². The largest absolute Gasteiger partial charge is 0.496 e. The van der Waals surface area contributed by atoms with Crippen LogP contribution in [-0.4, -0.2) is 19.3 Å². The van der Waals surface area contributed by atoms with Gasteiger partial charge in [-0.1, -0.05) is 24.3 Å². The predicted molar refractivity (Wildman–Crippen MR) is 63.0 cm³/mol. The molecular formula is C13H14O3. The fourth-order valence-electron chi connectivity index (χ4n) is 1.89. The molecule has 84 valence electrons. The van der Waals surface area contributed by atoms with Gasteiger partial charge in [0, 0.05) is 16.3 Å². The summed E-state index contributed by atoms with van der Waals surface area (Å²) in [6, 6.07) is 9.55. The lowest BCUT2D eigenvalue weighted by Crippen LogP contribution is -1.94. The van der Waals surface area contributed by atoms with Crippen molar-refractivity contribution in [2.24, 2.45) is 0 Å². The smallest absolute Gasteiger partial charge is 0.132 e. The van der Waals surface area contributed by atoms with E-state index in [0.717, 1.165) is 22.1 Å². The van der Waals surface area contributed by atoms with Gasteiger partial charge in [0.2, 0.25) is 0 Å². The average Bonchev–Trinajstić information content (AvgIpc) is 2.36. The zero-order valence-electron chi connectivity index (χ0n) is 9.36. The Morgan fingerprint density at radius 3 is 2.44 bits per heavy atom. The van der Waals surface area contributed by atoms with Crippen LogP contribution in [0.1, 0.15) is 5.56 Å². The highest BCUT2D eigenvalue weighted by Crippen LogP contribution is 2.34. The number of benzene rings is 2. The molecule has 0 aromatic heterocycles. The van der Waals surface area contributed by atoms with Gasteiger partial charge in [0.15, 0.2) is 0 Å². The Kier molecular flexibility index (Phi) is 2.97. The zero-order valence-corrected chi connectivity index (χ0v) is 9.36. The minimum atomic E-state index is -0.0314. The van der Waals surface area contributed by atoms with Crippen LogP contribution in [0.25, 0.3) is 10.8 Å². The van der Waals surface area contributed by atoms with Crippen LogP contribution in [0, 0.1) is 0 Å². The molecule has 0 fully saturated rings. The van der Waals surface area contributed by atoms with Crippen molar-refractivity contribution in [2.75, 3.05) is 14.2 Å². The third-order valence-electron chi connectivity index (χ3n) is 2.65. The SMILES string of the molecule is COc1cccc2c(OC)c(CO)ccc12. The summed E-state index contributed by atoms with van der Waals surface area (Å²) in [6.45, 7) is -0.0314. The Labute approximate surface area is 94.2 Å². The second-order valence-corrected chi connectivity index (χ2v) is 3.47. The van der Waals surface area contributed by atoms with Crippen LogP contribution in [0.2, 0.25) is 0 Å². The van der Waals surface area contributed by atoms with Gasteiger partial charge in [-0.2, -0.15) is 0 Å². The third kappa shape index (κ3) is 1.59. The van der Waals surface area contributed by atoms with Gasteiger partial charge in [0.1, 0.15) is 11.5 Å². The molecule has 0 amide bonds. The standard InChI is InChI=1S/C13H14O3/c1-15-12-5-3-4-11-10(12)7-6-9(8-14)13(11)16-2/h3-7,14H,8H2,1-2H3. The second kappa shape index (κ2) is 4.41. The fourth-order valence-corrected chi connectivity index (χ4v) is 1.89. The number of rotatable bonds is 3. The Bertz CT molecular complexity index is 506. The first-order chi connectivity index (χ1) is 7.81. The fraction of sp³-hybridized carbons (Fsp3) is 0.231. The summed E-state index contributed by atoms with van der Waals surface area (Å²) >= 11 is 0. The molecule has 0 aliphatic heterocycles. The molecule has 0 radical (unpaired) electrons. The normalized spacial score (nSPS) is 10.4. The van der Waals surface area contributed by atoms with E-state index >= 15 is 0 Å². The Balaban J connectivity index is 2.78. The molecule has 3 heteroatoms. The zero-order chi connectivity index (χ0) is 11.5. The molecule has 0 aliphatic carbocycles. The number of aliphatic hydroxyl groups excluding tert-OH is 1. The van der Waals surface area contributed by atoms with E-state index in [1.807, 2.05) is 30.3 Å². The van der Waals surface area contributed by atoms with Crippen LogP contribution in [0.5, 0.6) is 11.5 Å². The third-order valence-corrected chi connectivity index (χ3v) is 2.65. The first kappa shape index (κ1) is 10.8. The maximum Gasteiger partial charge on any atom is 0.132 e. The Morgan fingerprint density at radius 1 is 1.00 bits per heavy atom. The Morgan fingerprint density at radius 2 is 1.81 bits per heavy atom. The molecule has 16 heavy (non-hydrogen) atoms. The first-order valence-corrected chi connectivity index (χ1v) is 5.05. The highest BCUT2D eigenvalue weighted by Gasteiger charge is 2.09. The number of fused-ring (bicyclic) bond motifs is 1. The van der Waals surface area contributed by atoms with Crippen molar-refractivity contribution in [1.82, 2.24) is 0 Å². The van der Waals surface area contributed by atoms with Gasteiger partial charge in [-0.05, 0) is 6.07 Å². The van der Waals surface area contributed by atoms with Crippen LogP contribution < -0.4 is 9.47 Å². The summed E-state index contributed by atoms with van der Waals surface area (Å²) < 4.78 is 10.6. The quantitative estimate of drug-likeness (QED) is 0.859. The van der Waals surface area contributed by atoms with Gasteiger partial charge in [-0.15, -0.1) is 0 Å². The molecule has 0 saturated heterocycles. The number of hydrogen-bond donors (Lipinski definition) is 1. The second-order valence-electron chi connectivity index (χ2n) is 3.47. The van der Waals surface area contributed by atoms with Gasteiger partial charge in [0.05, 0.1) is 20.8 Å². The van der Waals surface area contributed by atoms with Crippen molar-refractivity contribution in [2.45, 2.75) is 6.61 Å². The monoisotopic (exact) mass is 218 g/mol. The summed E-state index contributed by atoms with van der Waals surface area (Å²) in [5, 5.41) is 11.2. The first-order valence-electron chi connectivity index (χ1n) is 5.05. The summed E-state index contributed by atoms with van der Waals surface area (Å²) in [4.78, 5) is 0. The summed E-state index contributed by atoms with van der Waals surface area (Å²) in [6.07, 6.45) is 0. The minimum Gasteiger partial charge on any atom is -0.496 e. The molecule has 2 aromatic rings. The van der Waals surface area contributed by atoms with Gasteiger partial charge < -0.3 is 14.6 Å². The summed E-state index contributed by atoms with van der Waals surface area (Å²) in [7, 11) is 3.24. The number of hydrogen-bond acceptors (Lipinski definition) is 3. The van der Waals surface area contributed by atoms with Crippen LogP contribution >= 0.6 is 0 Å². The minimum absolute atomic E-state index is 0.0314. The topological polar surface area (TPSA) is 38.7 Å². The summed E-state index contributed by atoms with van der Waals surface area (Å²) in [5.74, 6) is 1.51. The van der Waals surface area contributed by atoms with E-state index in [9.17, 15) is 5.11 Å². The van der Waals surface area contributed by atoms with Crippen molar-refractivity contribution in [1.29, 1.82) is 0 Å². The van der Waals surface area contributed by atoms with Crippen LogP contribution in [0.3, 0.4) is 0 Å². The van der Waals surface area contributed by atoms with E-state index in [4.69, 9.17) is 9.47 Å². The van der Waals surface area contributed by atoms with Crippen molar-refractivity contribution >= 4 is 10.8 Å². The molecule has 0 saturated carbocycles. The van der Waals surface area contributed by atoms with Gasteiger partial charge in [0.25, 0.3) is 0 Å². The average molecular weight is 218 g/mol. The summed E-state index contributed by atoms with van der Waals surface area (Å²) in [5.41, 5.74) is 0.781. The molecule has 0 heterocycles. The maximum atomic E-state index is 9.22. The van der Waals surface area contributed by atoms with Gasteiger partial charge in [-0.3, -0.25) is 0 Å². The van der Waals surface area contributed by atoms with Crippen molar-refractivity contribution < 1.29 is 14.6 Å². The van der Waals surface area contributed by atoms with Crippen LogP contribution in [0.15, 0.2) is 30.3 Å². The lowest BCUT2D eigenvalue weighted by molar-refractivity contribution is 0.274. The maximum absolute atomic E-state index is 9.22. The highest BCUT2D eigenvalue weighted by atomic mass is 16.5. The molecule has 2 aromatic carbocycles. The number of aliphatic hydroxyl groups is 1. The molecule has 0 spiro atoms. The van der Waals surface area contributed by atoms with E-state index < -0.39 is 0 Å². The molecule has 0 unspecified atom stereocenters. The van der Waals surface area contributed by atoms with Crippen LogP contribution in [-0.2, 0) is 6.61 Å². The van der Waals surface area contributed by atoms with Gasteiger partial charge >= 0.3 is 0 Å². The highest BCUT2D eigenvalue weighted by molar-refractivity contribution is 5.94. The van der Waals surface area contributed by atoms with Crippen molar-refractivity contribution in [3.8, 4) is 11.5 Å². The molecule has 1 N–H and O–H groups in total. The lowest BCUT2D eigenvalue weighted by atomic mass is 10.0. The van der Waals surface area contributed by atoms with Crippen molar-refractivity contribution in [3.63, 3.8) is 0 Å². The Hall–Kier alpha value is -1.74. The van der Waals surface area contributed by atoms with Crippen LogP contribution in [0.4, 0.5) is 0 Å². The lowest BCUT2D eigenvalue weighted by Gasteiger charge is -2.12. The number of ether oxygens (including phenoxy) is 2. The molecule has 3 nitrogen and oxygen atoms in total.